The van der Waals surface area contributed by atoms with E-state index in [2.05, 4.69) is 12.2 Å². The minimum Gasteiger partial charge on any atom is -0.494 e. The molecule has 0 spiro atoms. The van der Waals surface area contributed by atoms with Gasteiger partial charge in [-0.25, -0.2) is 4.39 Å². The minimum absolute atomic E-state index is 0.286. The molecule has 112 valence electrons. The smallest absolute Gasteiger partial charge is 0.165 e. The Labute approximate surface area is 121 Å². The van der Waals surface area contributed by atoms with Crippen LogP contribution < -0.4 is 10.1 Å². The highest BCUT2D eigenvalue weighted by Gasteiger charge is 2.21. The van der Waals surface area contributed by atoms with Gasteiger partial charge in [0.2, 0.25) is 0 Å². The van der Waals surface area contributed by atoms with E-state index in [9.17, 15) is 4.39 Å². The van der Waals surface area contributed by atoms with Crippen molar-refractivity contribution in [2.24, 2.45) is 5.92 Å². The molecule has 0 aromatic heterocycles. The molecule has 2 nitrogen and oxygen atoms in total. The van der Waals surface area contributed by atoms with Crippen LogP contribution in [0.4, 0.5) is 4.39 Å². The molecule has 0 heterocycles. The van der Waals surface area contributed by atoms with E-state index in [4.69, 9.17) is 4.74 Å². The van der Waals surface area contributed by atoms with Crippen molar-refractivity contribution in [1.82, 2.24) is 5.32 Å². The van der Waals surface area contributed by atoms with Crippen molar-refractivity contribution in [1.29, 1.82) is 0 Å². The van der Waals surface area contributed by atoms with Crippen LogP contribution in [0.1, 0.15) is 57.1 Å². The van der Waals surface area contributed by atoms with Crippen LogP contribution in [0.3, 0.4) is 0 Å². The van der Waals surface area contributed by atoms with Crippen molar-refractivity contribution in [3.8, 4) is 5.75 Å². The summed E-state index contributed by atoms with van der Waals surface area (Å²) in [5, 5.41) is 3.61. The molecule has 1 N–H and O–H groups in total. The van der Waals surface area contributed by atoms with Gasteiger partial charge in [-0.1, -0.05) is 38.7 Å². The van der Waals surface area contributed by atoms with E-state index in [1.807, 2.05) is 12.1 Å². The molecule has 0 saturated heterocycles. The number of hydrogen-bond acceptors (Lipinski definition) is 2. The summed E-state index contributed by atoms with van der Waals surface area (Å²) in [6, 6.07) is 5.56. The van der Waals surface area contributed by atoms with E-state index < -0.39 is 0 Å². The molecule has 3 heteroatoms. The van der Waals surface area contributed by atoms with Gasteiger partial charge in [0.25, 0.3) is 0 Å². The number of hydrogen-bond donors (Lipinski definition) is 1. The fourth-order valence-corrected chi connectivity index (χ4v) is 3.13. The Hall–Kier alpha value is -1.09. The van der Waals surface area contributed by atoms with Crippen molar-refractivity contribution in [2.75, 3.05) is 13.7 Å². The summed E-state index contributed by atoms with van der Waals surface area (Å²) >= 11 is 0. The van der Waals surface area contributed by atoms with Gasteiger partial charge in [0, 0.05) is 6.04 Å². The molecule has 1 aliphatic carbocycles. The van der Waals surface area contributed by atoms with Gasteiger partial charge in [-0.2, -0.15) is 0 Å². The van der Waals surface area contributed by atoms with Gasteiger partial charge in [0.15, 0.2) is 11.6 Å². The molecule has 1 saturated carbocycles. The average molecular weight is 279 g/mol. The van der Waals surface area contributed by atoms with Crippen LogP contribution >= 0.6 is 0 Å². The highest BCUT2D eigenvalue weighted by Crippen LogP contribution is 2.34. The molecule has 0 aliphatic heterocycles. The van der Waals surface area contributed by atoms with Gasteiger partial charge in [0.05, 0.1) is 7.11 Å². The molecule has 1 unspecified atom stereocenters. The summed E-state index contributed by atoms with van der Waals surface area (Å²) < 4.78 is 18.7. The standard InChI is InChI=1S/C17H26FNO/c1-3-10-19-16(11-13-6-4-5-7-13)14-8-9-15(18)17(12-14)20-2/h8-9,12-13,16,19H,3-7,10-11H2,1-2H3. The SMILES string of the molecule is CCCNC(CC1CCCC1)c1ccc(F)c(OC)c1. The summed E-state index contributed by atoms with van der Waals surface area (Å²) in [5.74, 6) is 0.865. The quantitative estimate of drug-likeness (QED) is 0.796. The maximum Gasteiger partial charge on any atom is 0.165 e. The molecule has 0 amide bonds. The van der Waals surface area contributed by atoms with E-state index in [0.29, 0.717) is 11.8 Å². The van der Waals surface area contributed by atoms with Crippen LogP contribution in [0.25, 0.3) is 0 Å². The number of halogens is 1. The number of ether oxygens (including phenoxy) is 1. The molecule has 0 radical (unpaired) electrons. The lowest BCUT2D eigenvalue weighted by atomic mass is 9.93. The summed E-state index contributed by atoms with van der Waals surface area (Å²) in [4.78, 5) is 0. The van der Waals surface area contributed by atoms with Crippen molar-refractivity contribution >= 4 is 0 Å². The highest BCUT2D eigenvalue weighted by molar-refractivity contribution is 5.32. The average Bonchev–Trinajstić information content (AvgIpc) is 2.97. The van der Waals surface area contributed by atoms with Gasteiger partial charge < -0.3 is 10.1 Å². The number of benzene rings is 1. The maximum atomic E-state index is 13.5. The second-order valence-electron chi connectivity index (χ2n) is 5.79. The Balaban J connectivity index is 2.11. The first-order chi connectivity index (χ1) is 9.74. The first-order valence-electron chi connectivity index (χ1n) is 7.81. The van der Waals surface area contributed by atoms with E-state index in [1.54, 1.807) is 0 Å². The molecule has 1 aliphatic rings. The van der Waals surface area contributed by atoms with Gasteiger partial charge >= 0.3 is 0 Å². The van der Waals surface area contributed by atoms with Crippen LogP contribution in [-0.2, 0) is 0 Å². The molecular formula is C17H26FNO. The monoisotopic (exact) mass is 279 g/mol. The molecule has 1 aromatic carbocycles. The summed E-state index contributed by atoms with van der Waals surface area (Å²) in [5.41, 5.74) is 1.14. The predicted molar refractivity (Wildman–Crippen MR) is 80.6 cm³/mol. The van der Waals surface area contributed by atoms with Crippen molar-refractivity contribution < 1.29 is 9.13 Å². The number of nitrogens with one attached hydrogen (secondary N) is 1. The summed E-state index contributed by atoms with van der Waals surface area (Å²) in [7, 11) is 1.52. The molecule has 0 bridgehead atoms. The third-order valence-corrected chi connectivity index (χ3v) is 4.26. The van der Waals surface area contributed by atoms with Gasteiger partial charge in [-0.05, 0) is 43.0 Å². The maximum absolute atomic E-state index is 13.5. The Morgan fingerprint density at radius 1 is 1.35 bits per heavy atom. The zero-order valence-corrected chi connectivity index (χ0v) is 12.6. The van der Waals surface area contributed by atoms with Crippen molar-refractivity contribution in [3.05, 3.63) is 29.6 Å². The first kappa shape index (κ1) is 15.3. The highest BCUT2D eigenvalue weighted by atomic mass is 19.1. The molecule has 1 aromatic rings. The first-order valence-corrected chi connectivity index (χ1v) is 7.81. The molecule has 1 fully saturated rings. The van der Waals surface area contributed by atoms with Crippen molar-refractivity contribution in [3.63, 3.8) is 0 Å². The summed E-state index contributed by atoms with van der Waals surface area (Å²) in [6.07, 6.45) is 7.65. The largest absolute Gasteiger partial charge is 0.494 e. The van der Waals surface area contributed by atoms with E-state index in [-0.39, 0.29) is 5.82 Å². The fraction of sp³-hybridized carbons (Fsp3) is 0.647. The Kier molecular flexibility index (Phi) is 5.84. The topological polar surface area (TPSA) is 21.3 Å². The zero-order valence-electron chi connectivity index (χ0n) is 12.6. The van der Waals surface area contributed by atoms with E-state index in [1.165, 1.54) is 38.9 Å². The fourth-order valence-electron chi connectivity index (χ4n) is 3.13. The second kappa shape index (κ2) is 7.63. The zero-order chi connectivity index (χ0) is 14.4. The van der Waals surface area contributed by atoms with Gasteiger partial charge in [-0.3, -0.25) is 0 Å². The van der Waals surface area contributed by atoms with Crippen LogP contribution in [-0.4, -0.2) is 13.7 Å². The van der Waals surface area contributed by atoms with Crippen LogP contribution in [0, 0.1) is 11.7 Å². The Morgan fingerprint density at radius 3 is 2.75 bits per heavy atom. The normalized spacial score (nSPS) is 17.4. The van der Waals surface area contributed by atoms with Crippen LogP contribution in [0.2, 0.25) is 0 Å². The molecule has 20 heavy (non-hydrogen) atoms. The Morgan fingerprint density at radius 2 is 2.10 bits per heavy atom. The van der Waals surface area contributed by atoms with Crippen LogP contribution in [0.5, 0.6) is 5.75 Å². The third kappa shape index (κ3) is 3.95. The minimum atomic E-state index is -0.286. The summed E-state index contributed by atoms with van der Waals surface area (Å²) in [6.45, 7) is 3.17. The van der Waals surface area contributed by atoms with Crippen LogP contribution in [0.15, 0.2) is 18.2 Å². The van der Waals surface area contributed by atoms with Gasteiger partial charge in [0.1, 0.15) is 0 Å². The van der Waals surface area contributed by atoms with Crippen molar-refractivity contribution in [2.45, 2.75) is 51.5 Å². The predicted octanol–water partition coefficient (Wildman–Crippen LogP) is 4.46. The molecule has 1 atom stereocenters. The lowest BCUT2D eigenvalue weighted by molar-refractivity contribution is 0.376. The molecule has 2 rings (SSSR count). The third-order valence-electron chi connectivity index (χ3n) is 4.26. The van der Waals surface area contributed by atoms with E-state index >= 15 is 0 Å². The molecular weight excluding hydrogens is 253 g/mol. The second-order valence-corrected chi connectivity index (χ2v) is 5.79. The number of methoxy groups -OCH3 is 1. The lowest BCUT2D eigenvalue weighted by Crippen LogP contribution is -2.24. The lowest BCUT2D eigenvalue weighted by Gasteiger charge is -2.23. The van der Waals surface area contributed by atoms with Gasteiger partial charge in [-0.15, -0.1) is 0 Å². The van der Waals surface area contributed by atoms with E-state index in [0.717, 1.165) is 30.9 Å². The number of rotatable bonds is 7. The Bertz CT molecular complexity index is 415.